The molecule has 0 spiro atoms. The molecule has 2 N–H and O–H groups in total. The summed E-state index contributed by atoms with van der Waals surface area (Å²) in [6, 6.07) is 0.442. The van der Waals surface area contributed by atoms with E-state index < -0.39 is 18.6 Å². The maximum Gasteiger partial charge on any atom is 0.405 e. The minimum Gasteiger partial charge on any atom is -0.346 e. The summed E-state index contributed by atoms with van der Waals surface area (Å²) in [5, 5.41) is 5.30. The van der Waals surface area contributed by atoms with Crippen LogP contribution in [0.2, 0.25) is 0 Å². The fourth-order valence-electron chi connectivity index (χ4n) is 2.26. The third kappa shape index (κ3) is 7.09. The molecule has 0 saturated carbocycles. The molecule has 1 fully saturated rings. The number of nitrogens with one attached hydrogen (secondary N) is 2. The number of carbonyl (C=O) groups is 1. The van der Waals surface area contributed by atoms with Gasteiger partial charge in [0.25, 0.3) is 0 Å². The molecule has 0 aromatic heterocycles. The molecule has 0 bridgehead atoms. The van der Waals surface area contributed by atoms with E-state index in [9.17, 15) is 18.0 Å². The van der Waals surface area contributed by atoms with Crippen LogP contribution in [-0.4, -0.2) is 55.2 Å². The highest BCUT2D eigenvalue weighted by atomic mass is 19.4. The van der Waals surface area contributed by atoms with Gasteiger partial charge >= 0.3 is 6.18 Å². The summed E-state index contributed by atoms with van der Waals surface area (Å²) in [6.45, 7) is 4.29. The molecule has 1 unspecified atom stereocenters. The number of amides is 1. The molecule has 1 atom stereocenters. The van der Waals surface area contributed by atoms with Crippen molar-refractivity contribution >= 4 is 5.91 Å². The molecule has 118 valence electrons. The fraction of sp³-hybridized carbons (Fsp3) is 0.923. The number of alkyl halides is 3. The van der Waals surface area contributed by atoms with Crippen molar-refractivity contribution < 1.29 is 18.0 Å². The summed E-state index contributed by atoms with van der Waals surface area (Å²) in [4.78, 5) is 13.5. The van der Waals surface area contributed by atoms with Gasteiger partial charge in [-0.2, -0.15) is 13.2 Å². The van der Waals surface area contributed by atoms with Gasteiger partial charge in [-0.3, -0.25) is 9.69 Å². The Labute approximate surface area is 118 Å². The molecule has 7 heteroatoms. The van der Waals surface area contributed by atoms with E-state index in [1.807, 2.05) is 24.1 Å². The van der Waals surface area contributed by atoms with Crippen molar-refractivity contribution in [1.82, 2.24) is 15.5 Å². The fourth-order valence-corrected chi connectivity index (χ4v) is 2.26. The number of nitrogens with zero attached hydrogens (tertiary/aromatic N) is 1. The number of hydrogen-bond donors (Lipinski definition) is 2. The average molecular weight is 295 g/mol. The third-order valence-electron chi connectivity index (χ3n) is 3.43. The van der Waals surface area contributed by atoms with Crippen LogP contribution >= 0.6 is 0 Å². The molecule has 1 aliphatic rings. The molecule has 4 nitrogen and oxygen atoms in total. The standard InChI is InChI=1S/C13H24F3N3O/c1-10(2)19(7-11-5-3-4-6-17-11)8-12(20)18-9-13(14,15)16/h10-11,17H,3-9H2,1-2H3,(H,18,20). The summed E-state index contributed by atoms with van der Waals surface area (Å²) in [6.07, 6.45) is -0.995. The Hall–Kier alpha value is -0.820. The monoisotopic (exact) mass is 295 g/mol. The van der Waals surface area contributed by atoms with E-state index in [1.165, 1.54) is 0 Å². The Kier molecular flexibility index (Phi) is 6.75. The Morgan fingerprint density at radius 3 is 2.60 bits per heavy atom. The normalized spacial score (nSPS) is 20.4. The summed E-state index contributed by atoms with van der Waals surface area (Å²) < 4.78 is 36.1. The van der Waals surface area contributed by atoms with Gasteiger partial charge in [-0.05, 0) is 33.2 Å². The maximum absolute atomic E-state index is 12.0. The van der Waals surface area contributed by atoms with Gasteiger partial charge in [0.2, 0.25) is 5.91 Å². The molecule has 20 heavy (non-hydrogen) atoms. The van der Waals surface area contributed by atoms with Gasteiger partial charge in [-0.1, -0.05) is 6.42 Å². The zero-order valence-electron chi connectivity index (χ0n) is 12.1. The first kappa shape index (κ1) is 17.2. The van der Waals surface area contributed by atoms with Crippen molar-refractivity contribution in [1.29, 1.82) is 0 Å². The van der Waals surface area contributed by atoms with Crippen LogP contribution in [0.3, 0.4) is 0 Å². The molecule has 0 radical (unpaired) electrons. The largest absolute Gasteiger partial charge is 0.405 e. The van der Waals surface area contributed by atoms with E-state index in [-0.39, 0.29) is 12.6 Å². The van der Waals surface area contributed by atoms with Crippen molar-refractivity contribution in [3.8, 4) is 0 Å². The molecular formula is C13H24F3N3O. The lowest BCUT2D eigenvalue weighted by atomic mass is 10.0. The average Bonchev–Trinajstić information content (AvgIpc) is 2.36. The summed E-state index contributed by atoms with van der Waals surface area (Å²) >= 11 is 0. The molecule has 1 aliphatic heterocycles. The van der Waals surface area contributed by atoms with Crippen molar-refractivity contribution in [3.63, 3.8) is 0 Å². The molecule has 1 heterocycles. The van der Waals surface area contributed by atoms with Crippen molar-refractivity contribution in [2.45, 2.75) is 51.4 Å². The highest BCUT2D eigenvalue weighted by Crippen LogP contribution is 2.13. The van der Waals surface area contributed by atoms with Crippen LogP contribution in [0.25, 0.3) is 0 Å². The van der Waals surface area contributed by atoms with Crippen molar-refractivity contribution in [2.75, 3.05) is 26.2 Å². The molecule has 1 amide bonds. The Morgan fingerprint density at radius 1 is 1.40 bits per heavy atom. The van der Waals surface area contributed by atoms with Gasteiger partial charge in [0.15, 0.2) is 0 Å². The van der Waals surface area contributed by atoms with Gasteiger partial charge in [-0.25, -0.2) is 0 Å². The maximum atomic E-state index is 12.0. The number of piperidine rings is 1. The molecule has 1 rings (SSSR count). The van der Waals surface area contributed by atoms with Crippen LogP contribution in [-0.2, 0) is 4.79 Å². The van der Waals surface area contributed by atoms with Gasteiger partial charge in [0, 0.05) is 18.6 Å². The first-order valence-corrected chi connectivity index (χ1v) is 7.09. The number of carbonyl (C=O) groups excluding carboxylic acids is 1. The lowest BCUT2D eigenvalue weighted by Gasteiger charge is -2.32. The van der Waals surface area contributed by atoms with E-state index in [2.05, 4.69) is 5.32 Å². The molecule has 0 aromatic rings. The van der Waals surface area contributed by atoms with Crippen molar-refractivity contribution in [2.24, 2.45) is 0 Å². The van der Waals surface area contributed by atoms with Crippen LogP contribution in [0.5, 0.6) is 0 Å². The van der Waals surface area contributed by atoms with Crippen LogP contribution in [0.15, 0.2) is 0 Å². The minimum absolute atomic E-state index is 0.00588. The molecule has 1 saturated heterocycles. The summed E-state index contributed by atoms with van der Waals surface area (Å²) in [5.74, 6) is -0.577. The Balaban J connectivity index is 2.39. The Bertz CT molecular complexity index is 302. The number of halogens is 3. The first-order valence-electron chi connectivity index (χ1n) is 7.09. The number of rotatable bonds is 6. The second-order valence-electron chi connectivity index (χ2n) is 5.56. The molecule has 0 aliphatic carbocycles. The minimum atomic E-state index is -4.36. The summed E-state index contributed by atoms with van der Waals surface area (Å²) in [7, 11) is 0. The number of hydrogen-bond acceptors (Lipinski definition) is 3. The van der Waals surface area contributed by atoms with Gasteiger partial charge in [0.05, 0.1) is 6.54 Å². The second kappa shape index (κ2) is 7.83. The van der Waals surface area contributed by atoms with Crippen molar-refractivity contribution in [3.05, 3.63) is 0 Å². The van der Waals surface area contributed by atoms with E-state index in [0.717, 1.165) is 25.8 Å². The zero-order valence-corrected chi connectivity index (χ0v) is 12.1. The molecular weight excluding hydrogens is 271 g/mol. The van der Waals surface area contributed by atoms with Crippen LogP contribution in [0, 0.1) is 0 Å². The predicted molar refractivity (Wildman–Crippen MR) is 71.4 cm³/mol. The highest BCUT2D eigenvalue weighted by Gasteiger charge is 2.28. The van der Waals surface area contributed by atoms with E-state index in [0.29, 0.717) is 12.6 Å². The second-order valence-corrected chi connectivity index (χ2v) is 5.56. The molecule has 0 aromatic carbocycles. The lowest BCUT2D eigenvalue weighted by molar-refractivity contribution is -0.139. The predicted octanol–water partition coefficient (Wildman–Crippen LogP) is 1.52. The van der Waals surface area contributed by atoms with Gasteiger partial charge in [0.1, 0.15) is 6.54 Å². The SMILES string of the molecule is CC(C)N(CC(=O)NCC(F)(F)F)CC1CCCCN1. The smallest absolute Gasteiger partial charge is 0.346 e. The van der Waals surface area contributed by atoms with Gasteiger partial charge < -0.3 is 10.6 Å². The topological polar surface area (TPSA) is 44.4 Å². The third-order valence-corrected chi connectivity index (χ3v) is 3.43. The van der Waals surface area contributed by atoms with Crippen LogP contribution < -0.4 is 10.6 Å². The quantitative estimate of drug-likeness (QED) is 0.781. The Morgan fingerprint density at radius 2 is 2.10 bits per heavy atom. The van der Waals surface area contributed by atoms with Crippen LogP contribution in [0.4, 0.5) is 13.2 Å². The van der Waals surface area contributed by atoms with Crippen LogP contribution in [0.1, 0.15) is 33.1 Å². The van der Waals surface area contributed by atoms with E-state index >= 15 is 0 Å². The van der Waals surface area contributed by atoms with E-state index in [1.54, 1.807) is 0 Å². The lowest BCUT2D eigenvalue weighted by Crippen LogP contribution is -2.49. The summed E-state index contributed by atoms with van der Waals surface area (Å²) in [5.41, 5.74) is 0. The first-order chi connectivity index (χ1) is 9.28. The zero-order chi connectivity index (χ0) is 15.2. The van der Waals surface area contributed by atoms with E-state index in [4.69, 9.17) is 0 Å². The highest BCUT2D eigenvalue weighted by molar-refractivity contribution is 5.78. The van der Waals surface area contributed by atoms with Gasteiger partial charge in [-0.15, -0.1) is 0 Å².